The van der Waals surface area contributed by atoms with E-state index < -0.39 is 0 Å². The summed E-state index contributed by atoms with van der Waals surface area (Å²) < 4.78 is 5.72. The normalized spacial score (nSPS) is 24.6. The van der Waals surface area contributed by atoms with Crippen LogP contribution in [0.4, 0.5) is 0 Å². The molecule has 2 atom stereocenters. The lowest BCUT2D eigenvalue weighted by molar-refractivity contribution is -0.150. The van der Waals surface area contributed by atoms with Crippen molar-refractivity contribution in [3.63, 3.8) is 0 Å². The zero-order chi connectivity index (χ0) is 15.4. The van der Waals surface area contributed by atoms with Crippen LogP contribution in [0.5, 0.6) is 0 Å². The van der Waals surface area contributed by atoms with Gasteiger partial charge in [-0.3, -0.25) is 9.69 Å². The molecule has 1 amide bonds. The van der Waals surface area contributed by atoms with Crippen molar-refractivity contribution in [1.82, 2.24) is 9.80 Å². The molecule has 0 aliphatic carbocycles. The molecule has 1 aromatic rings. The van der Waals surface area contributed by atoms with Crippen LogP contribution in [0.25, 0.3) is 0 Å². The highest BCUT2D eigenvalue weighted by Crippen LogP contribution is 2.15. The van der Waals surface area contributed by atoms with E-state index in [1.165, 1.54) is 5.56 Å². The second-order valence-corrected chi connectivity index (χ2v) is 6.27. The Morgan fingerprint density at radius 3 is 2.62 bits per heavy atom. The number of hydrogen-bond acceptors (Lipinski definition) is 4. The number of morpholine rings is 1. The molecule has 5 nitrogen and oxygen atoms in total. The topological polar surface area (TPSA) is 58.8 Å². The van der Waals surface area contributed by atoms with E-state index in [0.717, 1.165) is 32.5 Å². The van der Waals surface area contributed by atoms with E-state index >= 15 is 0 Å². The van der Waals surface area contributed by atoms with Gasteiger partial charge in [-0.05, 0) is 18.4 Å². The number of benzene rings is 1. The molecule has 7 heteroatoms. The number of nitrogens with zero attached hydrogens (tertiary/aromatic N) is 2. The monoisotopic (exact) mass is 375 g/mol. The molecule has 2 fully saturated rings. The van der Waals surface area contributed by atoms with Gasteiger partial charge in [0.2, 0.25) is 0 Å². The number of carbonyl (C=O) groups is 1. The molecule has 0 bridgehead atoms. The summed E-state index contributed by atoms with van der Waals surface area (Å²) in [4.78, 5) is 16.8. The minimum absolute atomic E-state index is 0. The predicted octanol–water partition coefficient (Wildman–Crippen LogP) is 1.68. The number of nitrogens with two attached hydrogens (primary N) is 1. The van der Waals surface area contributed by atoms with Gasteiger partial charge in [-0.2, -0.15) is 0 Å². The second kappa shape index (κ2) is 10.2. The van der Waals surface area contributed by atoms with Crippen molar-refractivity contribution in [3.05, 3.63) is 35.9 Å². The maximum atomic E-state index is 12.6. The number of amides is 1. The van der Waals surface area contributed by atoms with E-state index in [1.807, 2.05) is 23.1 Å². The smallest absolute Gasteiger partial charge is 0.253 e. The first-order chi connectivity index (χ1) is 10.7. The standard InChI is InChI=1S/C17H25N3O2.2ClH/c18-15-7-4-8-20(12-15)17(21)16-13-19(9-10-22-16)11-14-5-2-1-3-6-14;;/h1-3,5-6,15-16H,4,7-13,18H2;2*1H. The van der Waals surface area contributed by atoms with Gasteiger partial charge in [-0.25, -0.2) is 0 Å². The second-order valence-electron chi connectivity index (χ2n) is 6.27. The number of likely N-dealkylation sites (tertiary alicyclic amines) is 1. The zero-order valence-electron chi connectivity index (χ0n) is 13.8. The van der Waals surface area contributed by atoms with Crippen molar-refractivity contribution in [2.45, 2.75) is 31.5 Å². The molecule has 24 heavy (non-hydrogen) atoms. The van der Waals surface area contributed by atoms with Crippen molar-refractivity contribution < 1.29 is 9.53 Å². The average molecular weight is 376 g/mol. The van der Waals surface area contributed by atoms with Gasteiger partial charge in [0.1, 0.15) is 6.10 Å². The molecular weight excluding hydrogens is 349 g/mol. The first-order valence-electron chi connectivity index (χ1n) is 8.14. The molecule has 2 aliphatic rings. The molecule has 2 unspecified atom stereocenters. The highest BCUT2D eigenvalue weighted by atomic mass is 35.5. The summed E-state index contributed by atoms with van der Waals surface area (Å²) in [6.45, 7) is 4.50. The predicted molar refractivity (Wildman–Crippen MR) is 99.7 cm³/mol. The van der Waals surface area contributed by atoms with Crippen LogP contribution in [-0.4, -0.2) is 60.6 Å². The average Bonchev–Trinajstić information content (AvgIpc) is 2.55. The summed E-state index contributed by atoms with van der Waals surface area (Å²) in [6.07, 6.45) is 1.66. The molecule has 0 radical (unpaired) electrons. The highest BCUT2D eigenvalue weighted by Gasteiger charge is 2.32. The molecule has 2 N–H and O–H groups in total. The third kappa shape index (κ3) is 5.60. The van der Waals surface area contributed by atoms with Gasteiger partial charge < -0.3 is 15.4 Å². The molecule has 3 rings (SSSR count). The van der Waals surface area contributed by atoms with E-state index in [1.54, 1.807) is 0 Å². The molecule has 0 saturated carbocycles. The number of piperidine rings is 1. The number of halogens is 2. The third-order valence-electron chi connectivity index (χ3n) is 4.44. The molecule has 2 saturated heterocycles. The minimum Gasteiger partial charge on any atom is -0.366 e. The fraction of sp³-hybridized carbons (Fsp3) is 0.588. The fourth-order valence-electron chi connectivity index (χ4n) is 3.25. The lowest BCUT2D eigenvalue weighted by Gasteiger charge is -2.37. The zero-order valence-corrected chi connectivity index (χ0v) is 15.4. The summed E-state index contributed by atoms with van der Waals surface area (Å²) in [7, 11) is 0. The maximum absolute atomic E-state index is 12.6. The van der Waals surface area contributed by atoms with Gasteiger partial charge in [-0.1, -0.05) is 30.3 Å². The van der Waals surface area contributed by atoms with Crippen LogP contribution < -0.4 is 5.73 Å². The van der Waals surface area contributed by atoms with Crippen LogP contribution in [0.1, 0.15) is 18.4 Å². The molecular formula is C17H27Cl2N3O2. The Labute approximate surface area is 156 Å². The lowest BCUT2D eigenvalue weighted by Crippen LogP contribution is -2.54. The number of hydrogen-bond donors (Lipinski definition) is 1. The summed E-state index contributed by atoms with van der Waals surface area (Å²) in [5.41, 5.74) is 7.25. The lowest BCUT2D eigenvalue weighted by atomic mass is 10.1. The van der Waals surface area contributed by atoms with Crippen LogP contribution in [0.2, 0.25) is 0 Å². The molecule has 2 heterocycles. The van der Waals surface area contributed by atoms with Gasteiger partial charge in [-0.15, -0.1) is 24.8 Å². The maximum Gasteiger partial charge on any atom is 0.253 e. The van der Waals surface area contributed by atoms with E-state index in [-0.39, 0.29) is 42.9 Å². The van der Waals surface area contributed by atoms with E-state index in [9.17, 15) is 4.79 Å². The van der Waals surface area contributed by atoms with Crippen molar-refractivity contribution in [2.75, 3.05) is 32.8 Å². The first kappa shape index (κ1) is 21.2. The van der Waals surface area contributed by atoms with Crippen molar-refractivity contribution in [3.8, 4) is 0 Å². The summed E-state index contributed by atoms with van der Waals surface area (Å²) >= 11 is 0. The van der Waals surface area contributed by atoms with E-state index in [2.05, 4.69) is 17.0 Å². The van der Waals surface area contributed by atoms with Crippen LogP contribution in [0.15, 0.2) is 30.3 Å². The highest BCUT2D eigenvalue weighted by molar-refractivity contribution is 5.85. The molecule has 1 aromatic carbocycles. The quantitative estimate of drug-likeness (QED) is 0.872. The molecule has 136 valence electrons. The first-order valence-corrected chi connectivity index (χ1v) is 8.14. The summed E-state index contributed by atoms with van der Waals surface area (Å²) in [5.74, 6) is 0.105. The van der Waals surface area contributed by atoms with Crippen LogP contribution in [0.3, 0.4) is 0 Å². The Bertz CT molecular complexity index is 504. The van der Waals surface area contributed by atoms with Crippen LogP contribution >= 0.6 is 24.8 Å². The van der Waals surface area contributed by atoms with Crippen LogP contribution in [0, 0.1) is 0 Å². The largest absolute Gasteiger partial charge is 0.366 e. The van der Waals surface area contributed by atoms with Gasteiger partial charge in [0, 0.05) is 38.8 Å². The SMILES string of the molecule is Cl.Cl.NC1CCCN(C(=O)C2CN(Cc3ccccc3)CCO2)C1. The fourth-order valence-corrected chi connectivity index (χ4v) is 3.25. The Morgan fingerprint density at radius 2 is 1.92 bits per heavy atom. The van der Waals surface area contributed by atoms with Gasteiger partial charge in [0.05, 0.1) is 6.61 Å². The van der Waals surface area contributed by atoms with E-state index in [0.29, 0.717) is 19.7 Å². The molecule has 0 spiro atoms. The number of rotatable bonds is 3. The Hall–Kier alpha value is -0.850. The third-order valence-corrected chi connectivity index (χ3v) is 4.44. The minimum atomic E-state index is -0.345. The van der Waals surface area contributed by atoms with Gasteiger partial charge in [0.15, 0.2) is 0 Å². The Balaban J connectivity index is 0.00000144. The molecule has 2 aliphatic heterocycles. The molecule has 0 aromatic heterocycles. The van der Waals surface area contributed by atoms with Crippen molar-refractivity contribution in [2.24, 2.45) is 5.73 Å². The Morgan fingerprint density at radius 1 is 1.17 bits per heavy atom. The van der Waals surface area contributed by atoms with Gasteiger partial charge in [0.25, 0.3) is 5.91 Å². The Kier molecular flexibility index (Phi) is 9.02. The summed E-state index contributed by atoms with van der Waals surface area (Å²) in [5, 5.41) is 0. The van der Waals surface area contributed by atoms with Gasteiger partial charge >= 0.3 is 0 Å². The van der Waals surface area contributed by atoms with Crippen molar-refractivity contribution >= 4 is 30.7 Å². The number of ether oxygens (including phenoxy) is 1. The summed E-state index contributed by atoms with van der Waals surface area (Å²) in [6, 6.07) is 10.5. The van der Waals surface area contributed by atoms with Crippen LogP contribution in [-0.2, 0) is 16.1 Å². The number of carbonyl (C=O) groups excluding carboxylic acids is 1. The van der Waals surface area contributed by atoms with Crippen molar-refractivity contribution in [1.29, 1.82) is 0 Å². The van der Waals surface area contributed by atoms with E-state index in [4.69, 9.17) is 10.5 Å².